The number of esters is 3. The largest absolute Gasteiger partial charge is 0.462 e. The second-order valence-electron chi connectivity index (χ2n) is 16.8. The van der Waals surface area contributed by atoms with Crippen LogP contribution in [0.25, 0.3) is 0 Å². The van der Waals surface area contributed by atoms with Crippen molar-refractivity contribution in [3.8, 4) is 0 Å². The number of hydrogen-bond acceptors (Lipinski definition) is 6. The average Bonchev–Trinajstić information content (AvgIpc) is 3.23. The minimum absolute atomic E-state index is 0.0857. The molecule has 0 heterocycles. The molecular weight excluding hydrogens is 733 g/mol. The summed E-state index contributed by atoms with van der Waals surface area (Å²) < 4.78 is 16.8. The van der Waals surface area contributed by atoms with Gasteiger partial charge in [-0.1, -0.05) is 217 Å². The van der Waals surface area contributed by atoms with E-state index in [1.165, 1.54) is 116 Å². The smallest absolute Gasteiger partial charge is 0.306 e. The van der Waals surface area contributed by atoms with E-state index in [0.29, 0.717) is 19.3 Å². The number of allylic oxidation sites excluding steroid dienone is 8. The summed E-state index contributed by atoms with van der Waals surface area (Å²) in [6, 6.07) is 0. The number of hydrogen-bond donors (Lipinski definition) is 0. The van der Waals surface area contributed by atoms with Crippen LogP contribution >= 0.6 is 0 Å². The molecule has 0 N–H and O–H groups in total. The molecule has 1 unspecified atom stereocenters. The molecule has 0 rings (SSSR count). The number of carbonyl (C=O) groups excluding carboxylic acids is 3. The van der Waals surface area contributed by atoms with Gasteiger partial charge in [0.1, 0.15) is 13.2 Å². The highest BCUT2D eigenvalue weighted by Gasteiger charge is 2.19. The maximum absolute atomic E-state index is 12.8. The molecular formula is C53H94O6. The van der Waals surface area contributed by atoms with Gasteiger partial charge >= 0.3 is 17.9 Å². The second kappa shape index (κ2) is 48.0. The Labute approximate surface area is 365 Å². The van der Waals surface area contributed by atoms with Crippen LogP contribution in [0.5, 0.6) is 0 Å². The van der Waals surface area contributed by atoms with Gasteiger partial charge in [0.15, 0.2) is 6.10 Å². The van der Waals surface area contributed by atoms with Gasteiger partial charge in [0, 0.05) is 19.3 Å². The van der Waals surface area contributed by atoms with Gasteiger partial charge in [-0.15, -0.1) is 0 Å². The van der Waals surface area contributed by atoms with Gasteiger partial charge in [0.25, 0.3) is 0 Å². The minimum Gasteiger partial charge on any atom is -0.462 e. The molecule has 0 aromatic heterocycles. The fraction of sp³-hybridized carbons (Fsp3) is 0.792. The lowest BCUT2D eigenvalue weighted by atomic mass is 10.0. The van der Waals surface area contributed by atoms with Crippen LogP contribution in [0.2, 0.25) is 0 Å². The van der Waals surface area contributed by atoms with Crippen molar-refractivity contribution in [1.82, 2.24) is 0 Å². The lowest BCUT2D eigenvalue weighted by Gasteiger charge is -2.18. The molecule has 0 aliphatic rings. The summed E-state index contributed by atoms with van der Waals surface area (Å²) in [4.78, 5) is 37.9. The van der Waals surface area contributed by atoms with Crippen molar-refractivity contribution in [2.45, 2.75) is 258 Å². The Morgan fingerprint density at radius 3 is 1.08 bits per heavy atom. The number of carbonyl (C=O) groups is 3. The molecule has 0 bridgehead atoms. The van der Waals surface area contributed by atoms with Crippen LogP contribution in [0.3, 0.4) is 0 Å². The zero-order chi connectivity index (χ0) is 43.0. The molecule has 6 heteroatoms. The predicted octanol–water partition coefficient (Wildman–Crippen LogP) is 16.3. The van der Waals surface area contributed by atoms with Crippen LogP contribution in [-0.2, 0) is 28.6 Å². The van der Waals surface area contributed by atoms with Gasteiger partial charge in [-0.2, -0.15) is 0 Å². The molecule has 0 amide bonds. The second-order valence-corrected chi connectivity index (χ2v) is 16.8. The zero-order valence-corrected chi connectivity index (χ0v) is 39.0. The first-order chi connectivity index (χ1) is 29.0. The molecule has 6 nitrogen and oxygen atoms in total. The molecule has 0 spiro atoms. The standard InChI is InChI=1S/C53H94O6/c1-4-7-10-13-16-19-22-25-28-31-34-37-40-43-46-52(55)58-49-50(48-57-51(54)45-42-39-36-33-30-27-24-21-18-15-12-9-6-3)59-53(56)47-44-41-38-35-32-29-26-23-20-17-14-11-8-5-2/h9,12,15,18,21,24,28,31,50H,4-8,10-11,13-14,16-17,19-20,22-23,25-27,29-30,32-49H2,1-3H3/b12-9+,18-15+,24-21+,31-28+. The summed E-state index contributed by atoms with van der Waals surface area (Å²) in [6.07, 6.45) is 56.6. The van der Waals surface area contributed by atoms with E-state index < -0.39 is 6.10 Å². The molecule has 342 valence electrons. The zero-order valence-electron chi connectivity index (χ0n) is 39.0. The van der Waals surface area contributed by atoms with E-state index in [-0.39, 0.29) is 31.1 Å². The van der Waals surface area contributed by atoms with Gasteiger partial charge < -0.3 is 14.2 Å². The van der Waals surface area contributed by atoms with Gasteiger partial charge in [-0.3, -0.25) is 14.4 Å². The molecule has 0 aliphatic carbocycles. The highest BCUT2D eigenvalue weighted by molar-refractivity contribution is 5.71. The Kier molecular flexibility index (Phi) is 45.9. The van der Waals surface area contributed by atoms with E-state index in [2.05, 4.69) is 69.4 Å². The van der Waals surface area contributed by atoms with E-state index in [9.17, 15) is 14.4 Å². The molecule has 0 aromatic rings. The SMILES string of the molecule is CC/C=C/C=C/C=C/CCCCCCCC(=O)OCC(COC(=O)CCCCC/C=C/CCCCCCCCC)OC(=O)CCCCCCCCCCCCCCCC. The fourth-order valence-corrected chi connectivity index (χ4v) is 7.08. The van der Waals surface area contributed by atoms with Crippen molar-refractivity contribution in [1.29, 1.82) is 0 Å². The van der Waals surface area contributed by atoms with Crippen LogP contribution in [0.15, 0.2) is 48.6 Å². The van der Waals surface area contributed by atoms with Crippen LogP contribution in [-0.4, -0.2) is 37.2 Å². The summed E-state index contributed by atoms with van der Waals surface area (Å²) in [5, 5.41) is 0. The van der Waals surface area contributed by atoms with Crippen molar-refractivity contribution in [2.75, 3.05) is 13.2 Å². The molecule has 0 aromatic carbocycles. The lowest BCUT2D eigenvalue weighted by Crippen LogP contribution is -2.30. The number of rotatable bonds is 45. The first kappa shape index (κ1) is 56.4. The Morgan fingerprint density at radius 2 is 0.678 bits per heavy atom. The normalized spacial score (nSPS) is 12.4. The van der Waals surface area contributed by atoms with E-state index >= 15 is 0 Å². The van der Waals surface area contributed by atoms with Gasteiger partial charge in [-0.05, 0) is 64.2 Å². The number of ether oxygens (including phenoxy) is 3. The summed E-state index contributed by atoms with van der Waals surface area (Å²) in [6.45, 7) is 6.48. The van der Waals surface area contributed by atoms with E-state index in [1.807, 2.05) is 0 Å². The predicted molar refractivity (Wildman–Crippen MR) is 252 cm³/mol. The van der Waals surface area contributed by atoms with Crippen molar-refractivity contribution >= 4 is 17.9 Å². The molecule has 0 radical (unpaired) electrons. The van der Waals surface area contributed by atoms with Crippen molar-refractivity contribution in [3.63, 3.8) is 0 Å². The molecule has 59 heavy (non-hydrogen) atoms. The van der Waals surface area contributed by atoms with Crippen LogP contribution in [0.1, 0.15) is 252 Å². The molecule has 0 aliphatic heterocycles. The first-order valence-electron chi connectivity index (χ1n) is 25.2. The van der Waals surface area contributed by atoms with Gasteiger partial charge in [-0.25, -0.2) is 0 Å². The average molecular weight is 827 g/mol. The summed E-state index contributed by atoms with van der Waals surface area (Å²) in [7, 11) is 0. The topological polar surface area (TPSA) is 78.9 Å². The fourth-order valence-electron chi connectivity index (χ4n) is 7.08. The lowest BCUT2D eigenvalue weighted by molar-refractivity contribution is -0.167. The molecule has 0 saturated heterocycles. The highest BCUT2D eigenvalue weighted by Crippen LogP contribution is 2.15. The third-order valence-corrected chi connectivity index (χ3v) is 10.9. The third-order valence-electron chi connectivity index (χ3n) is 10.9. The molecule has 0 saturated carbocycles. The summed E-state index contributed by atoms with van der Waals surface area (Å²) in [5.74, 6) is -0.914. The van der Waals surface area contributed by atoms with Gasteiger partial charge in [0.05, 0.1) is 0 Å². The van der Waals surface area contributed by atoms with Crippen LogP contribution in [0, 0.1) is 0 Å². The first-order valence-corrected chi connectivity index (χ1v) is 25.2. The van der Waals surface area contributed by atoms with Crippen molar-refractivity contribution in [3.05, 3.63) is 48.6 Å². The maximum Gasteiger partial charge on any atom is 0.306 e. The van der Waals surface area contributed by atoms with Gasteiger partial charge in [0.2, 0.25) is 0 Å². The Balaban J connectivity index is 4.41. The van der Waals surface area contributed by atoms with E-state index in [1.54, 1.807) is 0 Å². The quantitative estimate of drug-likeness (QED) is 0.0200. The number of unbranched alkanes of at least 4 members (excludes halogenated alkanes) is 28. The Hall–Kier alpha value is -2.63. The van der Waals surface area contributed by atoms with Crippen LogP contribution < -0.4 is 0 Å². The highest BCUT2D eigenvalue weighted by atomic mass is 16.6. The molecule has 0 fully saturated rings. The maximum atomic E-state index is 12.8. The van der Waals surface area contributed by atoms with Crippen molar-refractivity contribution < 1.29 is 28.6 Å². The van der Waals surface area contributed by atoms with E-state index in [0.717, 1.165) is 96.3 Å². The van der Waals surface area contributed by atoms with E-state index in [4.69, 9.17) is 14.2 Å². The minimum atomic E-state index is -0.783. The monoisotopic (exact) mass is 827 g/mol. The summed E-state index contributed by atoms with van der Waals surface area (Å²) in [5.41, 5.74) is 0. The van der Waals surface area contributed by atoms with Crippen LogP contribution in [0.4, 0.5) is 0 Å². The molecule has 1 atom stereocenters. The van der Waals surface area contributed by atoms with Crippen molar-refractivity contribution in [2.24, 2.45) is 0 Å². The Morgan fingerprint density at radius 1 is 0.356 bits per heavy atom. The Bertz CT molecular complexity index is 1040. The third kappa shape index (κ3) is 46.3. The summed E-state index contributed by atoms with van der Waals surface area (Å²) >= 11 is 0.